The van der Waals surface area contributed by atoms with Crippen molar-refractivity contribution >= 4 is 23.2 Å². The number of benzene rings is 1. The van der Waals surface area contributed by atoms with E-state index < -0.39 is 0 Å². The van der Waals surface area contributed by atoms with Gasteiger partial charge in [0.25, 0.3) is 0 Å². The van der Waals surface area contributed by atoms with Crippen LogP contribution in [0.5, 0.6) is 0 Å². The van der Waals surface area contributed by atoms with Crippen molar-refractivity contribution in [2.24, 2.45) is 5.41 Å². The first-order chi connectivity index (χ1) is 8.39. The molecule has 0 saturated heterocycles. The molecule has 1 N–H and O–H groups in total. The van der Waals surface area contributed by atoms with E-state index in [-0.39, 0.29) is 0 Å². The van der Waals surface area contributed by atoms with Crippen molar-refractivity contribution in [3.8, 4) is 0 Å². The number of halogens is 2. The first kappa shape index (κ1) is 15.8. The van der Waals surface area contributed by atoms with Crippen molar-refractivity contribution in [2.75, 3.05) is 6.54 Å². The minimum atomic E-state index is 0.292. The lowest BCUT2D eigenvalue weighted by Crippen LogP contribution is -2.32. The highest BCUT2D eigenvalue weighted by atomic mass is 35.5. The van der Waals surface area contributed by atoms with E-state index in [1.165, 1.54) is 0 Å². The van der Waals surface area contributed by atoms with Crippen molar-refractivity contribution in [1.29, 1.82) is 0 Å². The molecule has 0 bridgehead atoms. The lowest BCUT2D eigenvalue weighted by Gasteiger charge is -2.27. The quantitative estimate of drug-likeness (QED) is 0.731. The highest BCUT2D eigenvalue weighted by Gasteiger charge is 2.19. The zero-order valence-corrected chi connectivity index (χ0v) is 13.2. The molecule has 0 spiro atoms. The Labute approximate surface area is 121 Å². The van der Waals surface area contributed by atoms with E-state index in [0.29, 0.717) is 16.5 Å². The van der Waals surface area contributed by atoms with Crippen LogP contribution in [0.2, 0.25) is 10.0 Å². The van der Waals surface area contributed by atoms with Crippen LogP contribution < -0.4 is 5.32 Å². The third-order valence-corrected chi connectivity index (χ3v) is 4.09. The molecule has 1 unspecified atom stereocenters. The van der Waals surface area contributed by atoms with Crippen LogP contribution in [0.3, 0.4) is 0 Å². The Balaban J connectivity index is 2.77. The van der Waals surface area contributed by atoms with Crippen LogP contribution >= 0.6 is 23.2 Å². The van der Waals surface area contributed by atoms with Crippen LogP contribution in [-0.2, 0) is 0 Å². The van der Waals surface area contributed by atoms with Crippen molar-refractivity contribution in [1.82, 2.24) is 5.32 Å². The molecule has 0 saturated carbocycles. The summed E-state index contributed by atoms with van der Waals surface area (Å²) in [6.45, 7) is 9.92. The van der Waals surface area contributed by atoms with Gasteiger partial charge in [-0.25, -0.2) is 0 Å². The van der Waals surface area contributed by atoms with Crippen LogP contribution in [0.1, 0.15) is 52.1 Å². The Morgan fingerprint density at radius 1 is 1.22 bits per heavy atom. The molecule has 1 nitrogen and oxygen atoms in total. The highest BCUT2D eigenvalue weighted by molar-refractivity contribution is 6.35. The van der Waals surface area contributed by atoms with Crippen molar-refractivity contribution in [3.05, 3.63) is 33.8 Å². The van der Waals surface area contributed by atoms with Gasteiger partial charge in [0.15, 0.2) is 0 Å². The molecule has 0 aliphatic heterocycles. The van der Waals surface area contributed by atoms with Crippen molar-refractivity contribution in [2.45, 2.75) is 46.6 Å². The largest absolute Gasteiger partial charge is 0.309 e. The minimum absolute atomic E-state index is 0.292. The van der Waals surface area contributed by atoms with Gasteiger partial charge in [-0.2, -0.15) is 0 Å². The van der Waals surface area contributed by atoms with Crippen LogP contribution in [0.4, 0.5) is 0 Å². The highest BCUT2D eigenvalue weighted by Crippen LogP contribution is 2.29. The van der Waals surface area contributed by atoms with Gasteiger partial charge in [-0.15, -0.1) is 0 Å². The van der Waals surface area contributed by atoms with E-state index in [1.807, 2.05) is 18.2 Å². The maximum Gasteiger partial charge on any atom is 0.0468 e. The van der Waals surface area contributed by atoms with Crippen LogP contribution in [-0.4, -0.2) is 6.54 Å². The van der Waals surface area contributed by atoms with Crippen LogP contribution in [0, 0.1) is 5.41 Å². The molecule has 0 aliphatic rings. The molecule has 0 radical (unpaired) electrons. The van der Waals surface area contributed by atoms with Crippen molar-refractivity contribution < 1.29 is 0 Å². The summed E-state index contributed by atoms with van der Waals surface area (Å²) in [6, 6.07) is 6.02. The van der Waals surface area contributed by atoms with E-state index in [4.69, 9.17) is 23.2 Å². The summed E-state index contributed by atoms with van der Waals surface area (Å²) in [6.07, 6.45) is 2.17. The topological polar surface area (TPSA) is 12.0 Å². The number of hydrogen-bond acceptors (Lipinski definition) is 1. The molecule has 0 fully saturated rings. The maximum atomic E-state index is 6.26. The van der Waals surface area contributed by atoms with E-state index >= 15 is 0 Å². The SMILES string of the molecule is CCC(NCC(C)(C)CC)c1ccc(Cl)cc1Cl. The molecule has 1 aromatic rings. The van der Waals surface area contributed by atoms with Gasteiger partial charge in [0.05, 0.1) is 0 Å². The lowest BCUT2D eigenvalue weighted by atomic mass is 9.89. The summed E-state index contributed by atoms with van der Waals surface area (Å²) in [4.78, 5) is 0. The average Bonchev–Trinajstić information content (AvgIpc) is 2.32. The maximum absolute atomic E-state index is 6.26. The first-order valence-electron chi connectivity index (χ1n) is 6.58. The van der Waals surface area contributed by atoms with Crippen LogP contribution in [0.15, 0.2) is 18.2 Å². The molecule has 0 amide bonds. The fourth-order valence-corrected chi connectivity index (χ4v) is 2.32. The molecule has 18 heavy (non-hydrogen) atoms. The normalized spacial score (nSPS) is 13.7. The van der Waals surface area contributed by atoms with E-state index in [0.717, 1.165) is 30.0 Å². The Morgan fingerprint density at radius 3 is 2.39 bits per heavy atom. The summed E-state index contributed by atoms with van der Waals surface area (Å²) < 4.78 is 0. The molecule has 1 rings (SSSR count). The predicted octanol–water partition coefficient (Wildman–Crippen LogP) is 5.47. The van der Waals surface area contributed by atoms with Gasteiger partial charge >= 0.3 is 0 Å². The Morgan fingerprint density at radius 2 is 1.89 bits per heavy atom. The summed E-state index contributed by atoms with van der Waals surface area (Å²) >= 11 is 12.2. The van der Waals surface area contributed by atoms with Gasteiger partial charge in [0, 0.05) is 22.6 Å². The lowest BCUT2D eigenvalue weighted by molar-refractivity contribution is 0.307. The molecule has 1 atom stereocenters. The average molecular weight is 288 g/mol. The number of hydrogen-bond donors (Lipinski definition) is 1. The second-order valence-corrected chi connectivity index (χ2v) is 6.37. The molecule has 3 heteroatoms. The van der Waals surface area contributed by atoms with E-state index in [2.05, 4.69) is 33.0 Å². The summed E-state index contributed by atoms with van der Waals surface area (Å²) in [5.74, 6) is 0. The van der Waals surface area contributed by atoms with Gasteiger partial charge in [-0.1, -0.05) is 57.0 Å². The minimum Gasteiger partial charge on any atom is -0.309 e. The van der Waals surface area contributed by atoms with Gasteiger partial charge in [-0.05, 0) is 36.0 Å². The Kier molecular flexibility index (Phi) is 5.97. The molecule has 102 valence electrons. The van der Waals surface area contributed by atoms with Gasteiger partial charge in [0.2, 0.25) is 0 Å². The molecule has 0 aliphatic carbocycles. The zero-order valence-electron chi connectivity index (χ0n) is 11.7. The van der Waals surface area contributed by atoms with Gasteiger partial charge in [0.1, 0.15) is 0 Å². The molecular formula is C15H23Cl2N. The van der Waals surface area contributed by atoms with Gasteiger partial charge < -0.3 is 5.32 Å². The fraction of sp³-hybridized carbons (Fsp3) is 0.600. The second kappa shape index (κ2) is 6.79. The van der Waals surface area contributed by atoms with E-state index in [9.17, 15) is 0 Å². The standard InChI is InChI=1S/C15H23Cl2N/c1-5-14(18-10-15(3,4)6-2)12-8-7-11(16)9-13(12)17/h7-9,14,18H,5-6,10H2,1-4H3. The molecule has 0 heterocycles. The summed E-state index contributed by atoms with van der Waals surface area (Å²) in [5.41, 5.74) is 1.45. The Bertz CT molecular complexity index is 388. The van der Waals surface area contributed by atoms with Gasteiger partial charge in [-0.3, -0.25) is 0 Å². The number of rotatable bonds is 6. The third-order valence-electron chi connectivity index (χ3n) is 3.53. The summed E-state index contributed by atoms with van der Waals surface area (Å²) in [5, 5.41) is 5.04. The second-order valence-electron chi connectivity index (χ2n) is 5.53. The van der Waals surface area contributed by atoms with E-state index in [1.54, 1.807) is 0 Å². The summed E-state index contributed by atoms with van der Waals surface area (Å²) in [7, 11) is 0. The van der Waals surface area contributed by atoms with Crippen LogP contribution in [0.25, 0.3) is 0 Å². The molecule has 1 aromatic carbocycles. The zero-order chi connectivity index (χ0) is 13.8. The molecule has 0 aromatic heterocycles. The fourth-order valence-electron chi connectivity index (χ4n) is 1.78. The third kappa shape index (κ3) is 4.46. The number of nitrogens with one attached hydrogen (secondary N) is 1. The Hall–Kier alpha value is -0.240. The van der Waals surface area contributed by atoms with Crippen molar-refractivity contribution in [3.63, 3.8) is 0 Å². The monoisotopic (exact) mass is 287 g/mol. The smallest absolute Gasteiger partial charge is 0.0468 e. The molecular weight excluding hydrogens is 265 g/mol. The first-order valence-corrected chi connectivity index (χ1v) is 7.33. The predicted molar refractivity (Wildman–Crippen MR) is 81.6 cm³/mol.